The molecule has 2 aromatic carbocycles. The van der Waals surface area contributed by atoms with Gasteiger partial charge in [-0.25, -0.2) is 14.6 Å². The van der Waals surface area contributed by atoms with Crippen LogP contribution in [0.15, 0.2) is 47.5 Å². The number of anilines is 1. The van der Waals surface area contributed by atoms with Crippen LogP contribution in [0.2, 0.25) is 0 Å². The second-order valence-electron chi connectivity index (χ2n) is 7.55. The largest absolute Gasteiger partial charge is 0.442 e. The molecule has 32 heavy (non-hydrogen) atoms. The van der Waals surface area contributed by atoms with Gasteiger partial charge in [-0.2, -0.15) is 0 Å². The van der Waals surface area contributed by atoms with E-state index in [1.54, 1.807) is 12.1 Å². The number of hydrogen-bond donors (Lipinski definition) is 4. The molecule has 9 nitrogen and oxygen atoms in total. The van der Waals surface area contributed by atoms with Gasteiger partial charge >= 0.3 is 6.09 Å². The predicted molar refractivity (Wildman–Crippen MR) is 118 cm³/mol. The Balaban J connectivity index is 1.37. The SMILES string of the molecule is CC(=O)NCC1CN(c2ccc(-c3ccc(CNNC4=NCCN4)cc3)c(F)c2)C(=O)O1. The zero-order chi connectivity index (χ0) is 22.5. The lowest BCUT2D eigenvalue weighted by Gasteiger charge is -2.15. The summed E-state index contributed by atoms with van der Waals surface area (Å²) >= 11 is 0. The van der Waals surface area contributed by atoms with E-state index in [9.17, 15) is 14.0 Å². The van der Waals surface area contributed by atoms with E-state index in [1.807, 2.05) is 24.3 Å². The fourth-order valence-electron chi connectivity index (χ4n) is 3.52. The fraction of sp³-hybridized carbons (Fsp3) is 0.318. The third-order valence-electron chi connectivity index (χ3n) is 5.16. The van der Waals surface area contributed by atoms with E-state index in [0.717, 1.165) is 30.2 Å². The van der Waals surface area contributed by atoms with Crippen LogP contribution in [0.25, 0.3) is 11.1 Å². The summed E-state index contributed by atoms with van der Waals surface area (Å²) < 4.78 is 20.1. The average Bonchev–Trinajstić information content (AvgIpc) is 3.42. The molecule has 1 fully saturated rings. The van der Waals surface area contributed by atoms with E-state index < -0.39 is 18.0 Å². The van der Waals surface area contributed by atoms with Crippen molar-refractivity contribution in [1.29, 1.82) is 0 Å². The molecule has 0 spiro atoms. The van der Waals surface area contributed by atoms with Gasteiger partial charge < -0.3 is 15.4 Å². The highest BCUT2D eigenvalue weighted by Gasteiger charge is 2.32. The average molecular weight is 440 g/mol. The lowest BCUT2D eigenvalue weighted by molar-refractivity contribution is -0.119. The van der Waals surface area contributed by atoms with Crippen LogP contribution in [0.3, 0.4) is 0 Å². The minimum Gasteiger partial charge on any atom is -0.442 e. The number of guanidine groups is 1. The van der Waals surface area contributed by atoms with E-state index in [1.165, 1.54) is 17.9 Å². The van der Waals surface area contributed by atoms with E-state index in [0.29, 0.717) is 17.8 Å². The van der Waals surface area contributed by atoms with Crippen LogP contribution in [-0.2, 0) is 16.1 Å². The molecule has 0 bridgehead atoms. The van der Waals surface area contributed by atoms with E-state index in [4.69, 9.17) is 4.74 Å². The highest BCUT2D eigenvalue weighted by molar-refractivity contribution is 5.90. The van der Waals surface area contributed by atoms with Crippen molar-refractivity contribution in [3.63, 3.8) is 0 Å². The van der Waals surface area contributed by atoms with Crippen molar-refractivity contribution in [3.8, 4) is 11.1 Å². The molecule has 168 valence electrons. The smallest absolute Gasteiger partial charge is 0.414 e. The maximum atomic E-state index is 14.9. The molecule has 0 aromatic heterocycles. The Labute approximate surface area is 185 Å². The van der Waals surface area contributed by atoms with Gasteiger partial charge in [0.05, 0.1) is 25.3 Å². The molecule has 0 radical (unpaired) electrons. The third-order valence-corrected chi connectivity index (χ3v) is 5.16. The summed E-state index contributed by atoms with van der Waals surface area (Å²) in [5, 5.41) is 5.73. The number of ether oxygens (including phenoxy) is 1. The minimum absolute atomic E-state index is 0.201. The molecule has 1 unspecified atom stereocenters. The Bertz CT molecular complexity index is 1030. The number of nitrogens with zero attached hydrogens (tertiary/aromatic N) is 2. The molecule has 2 aromatic rings. The Kier molecular flexibility index (Phi) is 6.50. The van der Waals surface area contributed by atoms with Gasteiger partial charge in [-0.1, -0.05) is 24.3 Å². The van der Waals surface area contributed by atoms with Gasteiger partial charge in [0.25, 0.3) is 0 Å². The van der Waals surface area contributed by atoms with Gasteiger partial charge in [-0.05, 0) is 29.3 Å². The number of halogens is 1. The Morgan fingerprint density at radius 3 is 2.78 bits per heavy atom. The van der Waals surface area contributed by atoms with Crippen LogP contribution in [0.4, 0.5) is 14.9 Å². The first-order valence-corrected chi connectivity index (χ1v) is 10.4. The molecule has 2 amide bonds. The number of carbonyl (C=O) groups excluding carboxylic acids is 2. The van der Waals surface area contributed by atoms with E-state index >= 15 is 0 Å². The van der Waals surface area contributed by atoms with Crippen molar-refractivity contribution < 1.29 is 18.7 Å². The summed E-state index contributed by atoms with van der Waals surface area (Å²) in [5.41, 5.74) is 8.71. The van der Waals surface area contributed by atoms with Gasteiger partial charge in [-0.3, -0.25) is 20.1 Å². The first-order valence-electron chi connectivity index (χ1n) is 10.4. The first kappa shape index (κ1) is 21.6. The molecule has 4 rings (SSSR count). The quantitative estimate of drug-likeness (QED) is 0.487. The second kappa shape index (κ2) is 9.65. The predicted octanol–water partition coefficient (Wildman–Crippen LogP) is 1.51. The second-order valence-corrected chi connectivity index (χ2v) is 7.55. The van der Waals surface area contributed by atoms with E-state index in [-0.39, 0.29) is 19.0 Å². The number of carbonyl (C=O) groups is 2. The number of aliphatic imine (C=N–C) groups is 1. The molecule has 2 aliphatic heterocycles. The number of rotatable bonds is 7. The number of cyclic esters (lactones) is 1. The number of nitrogens with one attached hydrogen (secondary N) is 4. The summed E-state index contributed by atoms with van der Waals surface area (Å²) in [6, 6.07) is 12.2. The Morgan fingerprint density at radius 1 is 1.28 bits per heavy atom. The van der Waals surface area contributed by atoms with Gasteiger partial charge in [0.1, 0.15) is 11.9 Å². The monoisotopic (exact) mass is 440 g/mol. The highest BCUT2D eigenvalue weighted by atomic mass is 19.1. The summed E-state index contributed by atoms with van der Waals surface area (Å²) in [6.45, 7) is 4.04. The Morgan fingerprint density at radius 2 is 2.09 bits per heavy atom. The number of amides is 2. The molecule has 1 saturated heterocycles. The van der Waals surface area contributed by atoms with Crippen LogP contribution in [-0.4, -0.2) is 50.2 Å². The zero-order valence-corrected chi connectivity index (χ0v) is 17.7. The van der Waals surface area contributed by atoms with Gasteiger partial charge in [0, 0.05) is 25.6 Å². The van der Waals surface area contributed by atoms with Gasteiger partial charge in [-0.15, -0.1) is 0 Å². The number of benzene rings is 2. The van der Waals surface area contributed by atoms with Crippen molar-refractivity contribution >= 4 is 23.6 Å². The maximum absolute atomic E-state index is 14.9. The molecule has 0 saturated carbocycles. The van der Waals surface area contributed by atoms with Crippen LogP contribution in [0.1, 0.15) is 12.5 Å². The Hall–Kier alpha value is -3.66. The molecule has 1 atom stereocenters. The van der Waals surface area contributed by atoms with E-state index in [2.05, 4.69) is 26.5 Å². The lowest BCUT2D eigenvalue weighted by atomic mass is 10.0. The molecule has 10 heteroatoms. The van der Waals surface area contributed by atoms with Crippen molar-refractivity contribution in [2.75, 3.05) is 31.1 Å². The number of hydrogen-bond acceptors (Lipinski definition) is 7. The lowest BCUT2D eigenvalue weighted by Crippen LogP contribution is -2.42. The van der Waals surface area contributed by atoms with Gasteiger partial charge in [0.2, 0.25) is 11.9 Å². The summed E-state index contributed by atoms with van der Waals surface area (Å²) in [5.74, 6) is 0.0961. The fourth-order valence-corrected chi connectivity index (χ4v) is 3.52. The van der Waals surface area contributed by atoms with Crippen molar-refractivity contribution in [3.05, 3.63) is 53.8 Å². The standard InChI is InChI=1S/C22H25FN6O3/c1-14(30)26-12-18-13-29(22(31)32-18)17-6-7-19(20(23)10-17)16-4-2-15(3-5-16)11-27-28-21-24-8-9-25-21/h2-7,10,18,27H,8-9,11-13H2,1H3,(H,26,30)(H2,24,25,28). The zero-order valence-electron chi connectivity index (χ0n) is 17.7. The normalized spacial score (nSPS) is 17.6. The first-order chi connectivity index (χ1) is 15.5. The van der Waals surface area contributed by atoms with Crippen molar-refractivity contribution in [2.45, 2.75) is 19.6 Å². The highest BCUT2D eigenvalue weighted by Crippen LogP contribution is 2.29. The summed E-state index contributed by atoms with van der Waals surface area (Å²) in [7, 11) is 0. The maximum Gasteiger partial charge on any atom is 0.414 e. The number of hydrazine groups is 1. The topological polar surface area (TPSA) is 107 Å². The molecule has 2 aliphatic rings. The van der Waals surface area contributed by atoms with Gasteiger partial charge in [0.15, 0.2) is 0 Å². The van der Waals surface area contributed by atoms with Crippen molar-refractivity contribution in [1.82, 2.24) is 21.5 Å². The molecular weight excluding hydrogens is 415 g/mol. The third kappa shape index (κ3) is 5.14. The van der Waals surface area contributed by atoms with Crippen LogP contribution < -0.4 is 26.4 Å². The van der Waals surface area contributed by atoms with Crippen LogP contribution >= 0.6 is 0 Å². The molecular formula is C22H25FN6O3. The summed E-state index contributed by atoms with van der Waals surface area (Å²) in [6.07, 6.45) is -1.03. The minimum atomic E-state index is -0.559. The van der Waals surface area contributed by atoms with Crippen LogP contribution in [0, 0.1) is 5.82 Å². The summed E-state index contributed by atoms with van der Waals surface area (Å²) in [4.78, 5) is 28.8. The van der Waals surface area contributed by atoms with Crippen LogP contribution in [0.5, 0.6) is 0 Å². The molecule has 4 N–H and O–H groups in total. The van der Waals surface area contributed by atoms with Crippen molar-refractivity contribution in [2.24, 2.45) is 4.99 Å². The molecule has 0 aliphatic carbocycles. The molecule has 2 heterocycles.